The van der Waals surface area contributed by atoms with Crippen LogP contribution in [0.3, 0.4) is 0 Å². The van der Waals surface area contributed by atoms with Crippen molar-refractivity contribution < 1.29 is 9.30 Å². The van der Waals surface area contributed by atoms with Crippen molar-refractivity contribution in [2.24, 2.45) is 0 Å². The summed E-state index contributed by atoms with van der Waals surface area (Å²) in [6, 6.07) is 8.65. The van der Waals surface area contributed by atoms with Crippen LogP contribution < -0.4 is 4.57 Å². The smallest absolute Gasteiger partial charge is 0.246 e. The van der Waals surface area contributed by atoms with Crippen LogP contribution >= 0.6 is 0 Å². The first-order valence-electron chi connectivity index (χ1n) is 11.4. The van der Waals surface area contributed by atoms with Crippen molar-refractivity contribution in [1.82, 2.24) is 4.57 Å². The molecule has 0 saturated carbocycles. The molecule has 0 aliphatic heterocycles. The zero-order chi connectivity index (χ0) is 19.2. The van der Waals surface area contributed by atoms with Gasteiger partial charge >= 0.3 is 0 Å². The van der Waals surface area contributed by atoms with Crippen LogP contribution in [0, 0.1) is 0 Å². The van der Waals surface area contributed by atoms with Crippen molar-refractivity contribution in [3.63, 3.8) is 0 Å². The summed E-state index contributed by atoms with van der Waals surface area (Å²) in [5, 5.41) is 0. The van der Waals surface area contributed by atoms with E-state index in [0.29, 0.717) is 6.73 Å². The minimum absolute atomic E-state index is 0.664. The predicted molar refractivity (Wildman–Crippen MR) is 115 cm³/mol. The van der Waals surface area contributed by atoms with Crippen molar-refractivity contribution in [1.29, 1.82) is 0 Å². The summed E-state index contributed by atoms with van der Waals surface area (Å²) in [6.45, 7) is 7.15. The van der Waals surface area contributed by atoms with Gasteiger partial charge in [-0.2, -0.15) is 0 Å². The Bertz CT molecular complexity index is 620. The van der Waals surface area contributed by atoms with Crippen LogP contribution in [0.4, 0.5) is 0 Å². The topological polar surface area (TPSA) is 18.0 Å². The van der Waals surface area contributed by atoms with Gasteiger partial charge in [0.2, 0.25) is 6.33 Å². The number of fused-ring (bicyclic) bond motifs is 1. The van der Waals surface area contributed by atoms with Crippen LogP contribution in [0.2, 0.25) is 0 Å². The van der Waals surface area contributed by atoms with Crippen molar-refractivity contribution in [3.8, 4) is 0 Å². The third-order valence-corrected chi connectivity index (χ3v) is 5.40. The second-order valence-electron chi connectivity index (χ2n) is 7.84. The van der Waals surface area contributed by atoms with E-state index >= 15 is 0 Å². The zero-order valence-electron chi connectivity index (χ0n) is 17.8. The number of benzene rings is 1. The zero-order valence-corrected chi connectivity index (χ0v) is 17.8. The Kier molecular flexibility index (Phi) is 11.2. The fourth-order valence-corrected chi connectivity index (χ4v) is 3.71. The molecule has 1 aromatic heterocycles. The Hall–Kier alpha value is -1.35. The Morgan fingerprint density at radius 3 is 2.11 bits per heavy atom. The van der Waals surface area contributed by atoms with Crippen LogP contribution in [0.5, 0.6) is 0 Å². The molecule has 0 spiro atoms. The monoisotopic (exact) mass is 373 g/mol. The molecule has 27 heavy (non-hydrogen) atoms. The summed E-state index contributed by atoms with van der Waals surface area (Å²) in [5.74, 6) is 0. The molecule has 2 rings (SSSR count). The molecule has 0 N–H and O–H groups in total. The highest BCUT2D eigenvalue weighted by molar-refractivity contribution is 5.71. The summed E-state index contributed by atoms with van der Waals surface area (Å²) in [7, 11) is 0. The molecular weight excluding hydrogens is 332 g/mol. The molecule has 0 amide bonds. The van der Waals surface area contributed by atoms with Crippen molar-refractivity contribution >= 4 is 11.0 Å². The number of unbranched alkanes of at least 4 members (excludes halogenated alkanes) is 10. The van der Waals surface area contributed by atoms with E-state index in [4.69, 9.17) is 4.74 Å². The third kappa shape index (κ3) is 8.04. The van der Waals surface area contributed by atoms with Crippen LogP contribution in [-0.4, -0.2) is 11.2 Å². The van der Waals surface area contributed by atoms with Gasteiger partial charge in [-0.3, -0.25) is 0 Å². The van der Waals surface area contributed by atoms with Gasteiger partial charge in [0.25, 0.3) is 0 Å². The number of hydrogen-bond acceptors (Lipinski definition) is 1. The minimum Gasteiger partial charge on any atom is -0.342 e. The van der Waals surface area contributed by atoms with Gasteiger partial charge in [-0.1, -0.05) is 90.2 Å². The summed E-state index contributed by atoms with van der Waals surface area (Å²) in [6.07, 6.45) is 18.4. The summed E-state index contributed by atoms with van der Waals surface area (Å²) >= 11 is 0. The molecule has 0 atom stereocenters. The highest BCUT2D eigenvalue weighted by atomic mass is 16.5. The van der Waals surface area contributed by atoms with E-state index in [2.05, 4.69) is 53.6 Å². The molecule has 3 heteroatoms. The molecule has 0 unspecified atom stereocenters. The van der Waals surface area contributed by atoms with E-state index in [1.807, 2.05) is 0 Å². The minimum atomic E-state index is 0.664. The molecule has 1 aromatic carbocycles. The lowest BCUT2D eigenvalue weighted by atomic mass is 10.1. The summed E-state index contributed by atoms with van der Waals surface area (Å²) < 4.78 is 10.6. The second-order valence-corrected chi connectivity index (χ2v) is 7.84. The molecule has 0 saturated heterocycles. The maximum Gasteiger partial charge on any atom is 0.246 e. The van der Waals surface area contributed by atoms with Gasteiger partial charge in [0, 0.05) is 0 Å². The predicted octanol–water partition coefficient (Wildman–Crippen LogP) is 6.62. The first-order valence-corrected chi connectivity index (χ1v) is 11.4. The van der Waals surface area contributed by atoms with Crippen LogP contribution in [0.1, 0.15) is 90.9 Å². The van der Waals surface area contributed by atoms with E-state index in [1.54, 1.807) is 0 Å². The van der Waals surface area contributed by atoms with Gasteiger partial charge in [0.15, 0.2) is 17.8 Å². The SMILES string of the molecule is CCCCCCCCCCCCOC[n+]1cn(CCCC)c2ccccc21. The maximum atomic E-state index is 5.97. The molecule has 1 heterocycles. The van der Waals surface area contributed by atoms with Crippen LogP contribution in [0.25, 0.3) is 11.0 Å². The molecule has 3 nitrogen and oxygen atoms in total. The molecule has 0 aliphatic rings. The first kappa shape index (κ1) is 21.9. The van der Waals surface area contributed by atoms with Gasteiger partial charge in [0.1, 0.15) is 0 Å². The normalized spacial score (nSPS) is 11.5. The Morgan fingerprint density at radius 1 is 0.778 bits per heavy atom. The first-order chi connectivity index (χ1) is 13.4. The lowest BCUT2D eigenvalue weighted by Gasteiger charge is -2.03. The molecule has 152 valence electrons. The maximum absolute atomic E-state index is 5.97. The molecular formula is C24H41N2O+. The molecule has 0 fully saturated rings. The standard InChI is InChI=1S/C24H41N2O/c1-3-5-7-8-9-10-11-12-13-16-20-27-22-26-21-25(19-6-4-2)23-17-14-15-18-24(23)26/h14-15,17-18,21H,3-13,16,19-20,22H2,1-2H3/q+1. The van der Waals surface area contributed by atoms with Gasteiger partial charge in [-0.25, -0.2) is 9.13 Å². The lowest BCUT2D eigenvalue weighted by Crippen LogP contribution is -2.34. The molecule has 0 radical (unpaired) electrons. The molecule has 0 aliphatic carbocycles. The lowest BCUT2D eigenvalue weighted by molar-refractivity contribution is -0.710. The Morgan fingerprint density at radius 2 is 1.41 bits per heavy atom. The number of aromatic nitrogens is 2. The fraction of sp³-hybridized carbons (Fsp3) is 0.708. The van der Waals surface area contributed by atoms with Crippen LogP contribution in [0.15, 0.2) is 30.6 Å². The number of para-hydroxylation sites is 2. The largest absolute Gasteiger partial charge is 0.342 e. The van der Waals surface area contributed by atoms with E-state index in [-0.39, 0.29) is 0 Å². The number of nitrogens with zero attached hydrogens (tertiary/aromatic N) is 2. The van der Waals surface area contributed by atoms with E-state index in [1.165, 1.54) is 88.1 Å². The number of hydrogen-bond donors (Lipinski definition) is 0. The van der Waals surface area contributed by atoms with E-state index in [9.17, 15) is 0 Å². The fourth-order valence-electron chi connectivity index (χ4n) is 3.71. The summed E-state index contributed by atoms with van der Waals surface area (Å²) in [5.41, 5.74) is 2.59. The molecule has 2 aromatic rings. The van der Waals surface area contributed by atoms with Gasteiger partial charge in [0.05, 0.1) is 13.2 Å². The van der Waals surface area contributed by atoms with Gasteiger partial charge in [-0.15, -0.1) is 0 Å². The average Bonchev–Trinajstić information content (AvgIpc) is 3.05. The summed E-state index contributed by atoms with van der Waals surface area (Å²) in [4.78, 5) is 0. The Labute approximate surface area is 166 Å². The number of imidazole rings is 1. The second kappa shape index (κ2) is 13.8. The van der Waals surface area contributed by atoms with Crippen molar-refractivity contribution in [2.75, 3.05) is 6.61 Å². The Balaban J connectivity index is 1.59. The number of aryl methyl sites for hydroxylation is 1. The third-order valence-electron chi connectivity index (χ3n) is 5.40. The van der Waals surface area contributed by atoms with Crippen molar-refractivity contribution in [2.45, 2.75) is 104 Å². The van der Waals surface area contributed by atoms with Gasteiger partial charge < -0.3 is 4.74 Å². The van der Waals surface area contributed by atoms with E-state index < -0.39 is 0 Å². The number of rotatable bonds is 16. The number of ether oxygens (including phenoxy) is 1. The van der Waals surface area contributed by atoms with Crippen LogP contribution in [-0.2, 0) is 18.0 Å². The quantitative estimate of drug-likeness (QED) is 0.239. The highest BCUT2D eigenvalue weighted by Gasteiger charge is 2.14. The van der Waals surface area contributed by atoms with Gasteiger partial charge in [-0.05, 0) is 25.0 Å². The average molecular weight is 374 g/mol. The van der Waals surface area contributed by atoms with E-state index in [0.717, 1.165) is 13.2 Å². The molecule has 0 bridgehead atoms. The highest BCUT2D eigenvalue weighted by Crippen LogP contribution is 2.12. The van der Waals surface area contributed by atoms with Crippen molar-refractivity contribution in [3.05, 3.63) is 30.6 Å².